The number of piperazine rings is 1. The van der Waals surface area contributed by atoms with Gasteiger partial charge < -0.3 is 10.2 Å². The average Bonchev–Trinajstić information content (AvgIpc) is 2.32. The molecule has 1 heterocycles. The molecule has 1 unspecified atom stereocenters. The molecule has 1 fully saturated rings. The summed E-state index contributed by atoms with van der Waals surface area (Å²) >= 11 is 0. The quantitative estimate of drug-likeness (QED) is 0.863. The van der Waals surface area contributed by atoms with Gasteiger partial charge in [-0.05, 0) is 25.8 Å². The maximum absolute atomic E-state index is 11.8. The first-order valence-electron chi connectivity index (χ1n) is 6.54. The molecule has 0 spiro atoms. The molecule has 1 aliphatic rings. The Kier molecular flexibility index (Phi) is 3.71. The van der Waals surface area contributed by atoms with E-state index in [0.29, 0.717) is 0 Å². The number of carbonyl (C=O) groups excluding carboxylic acids is 1. The van der Waals surface area contributed by atoms with Gasteiger partial charge in [0, 0.05) is 31.6 Å². The van der Waals surface area contributed by atoms with E-state index in [1.54, 1.807) is 6.92 Å². The molecule has 0 radical (unpaired) electrons. The van der Waals surface area contributed by atoms with Crippen molar-refractivity contribution in [3.05, 3.63) is 35.9 Å². The highest BCUT2D eigenvalue weighted by molar-refractivity contribution is 5.74. The summed E-state index contributed by atoms with van der Waals surface area (Å²) in [6.45, 7) is 7.59. The van der Waals surface area contributed by atoms with Crippen LogP contribution in [0.2, 0.25) is 0 Å². The largest absolute Gasteiger partial charge is 0.337 e. The molecule has 2 rings (SSSR count). The van der Waals surface area contributed by atoms with E-state index in [1.165, 1.54) is 5.56 Å². The number of rotatable bonds is 2. The lowest BCUT2D eigenvalue weighted by Gasteiger charge is -2.44. The van der Waals surface area contributed by atoms with E-state index < -0.39 is 0 Å². The molecular weight excluding hydrogens is 224 g/mol. The van der Waals surface area contributed by atoms with E-state index in [0.717, 1.165) is 19.5 Å². The fourth-order valence-electron chi connectivity index (χ4n) is 2.55. The summed E-state index contributed by atoms with van der Waals surface area (Å²) in [4.78, 5) is 13.8. The lowest BCUT2D eigenvalue weighted by molar-refractivity contribution is -0.133. The molecule has 1 aromatic rings. The molecule has 98 valence electrons. The molecular formula is C15H22N2O. The van der Waals surface area contributed by atoms with Gasteiger partial charge in [-0.3, -0.25) is 4.79 Å². The third kappa shape index (κ3) is 3.10. The van der Waals surface area contributed by atoms with E-state index in [2.05, 4.69) is 31.3 Å². The standard InChI is InChI=1S/C15H22N2O/c1-12(18)17-11-15(2,3)16-10-14(17)9-13-7-5-4-6-8-13/h4-8,14,16H,9-11H2,1-3H3. The van der Waals surface area contributed by atoms with Crippen molar-refractivity contribution in [2.45, 2.75) is 38.8 Å². The molecule has 18 heavy (non-hydrogen) atoms. The van der Waals surface area contributed by atoms with Crippen molar-refractivity contribution in [1.82, 2.24) is 10.2 Å². The number of benzene rings is 1. The Morgan fingerprint density at radius 2 is 2.06 bits per heavy atom. The van der Waals surface area contributed by atoms with E-state index in [1.807, 2.05) is 23.1 Å². The maximum atomic E-state index is 11.8. The maximum Gasteiger partial charge on any atom is 0.219 e. The average molecular weight is 246 g/mol. The Hall–Kier alpha value is -1.35. The van der Waals surface area contributed by atoms with Gasteiger partial charge in [0.1, 0.15) is 0 Å². The van der Waals surface area contributed by atoms with Gasteiger partial charge in [-0.25, -0.2) is 0 Å². The molecule has 3 heteroatoms. The molecule has 1 aliphatic heterocycles. The molecule has 1 aromatic carbocycles. The summed E-state index contributed by atoms with van der Waals surface area (Å²) < 4.78 is 0. The smallest absolute Gasteiger partial charge is 0.219 e. The van der Waals surface area contributed by atoms with Crippen molar-refractivity contribution in [3.63, 3.8) is 0 Å². The van der Waals surface area contributed by atoms with Crippen molar-refractivity contribution >= 4 is 5.91 Å². The molecule has 0 bridgehead atoms. The van der Waals surface area contributed by atoms with Crippen LogP contribution in [0.15, 0.2) is 30.3 Å². The zero-order chi connectivity index (χ0) is 13.2. The van der Waals surface area contributed by atoms with Crippen LogP contribution in [0.1, 0.15) is 26.3 Å². The second-order valence-electron chi connectivity index (χ2n) is 5.76. The van der Waals surface area contributed by atoms with Gasteiger partial charge in [-0.15, -0.1) is 0 Å². The monoisotopic (exact) mass is 246 g/mol. The Morgan fingerprint density at radius 1 is 1.39 bits per heavy atom. The van der Waals surface area contributed by atoms with Crippen molar-refractivity contribution in [2.24, 2.45) is 0 Å². The summed E-state index contributed by atoms with van der Waals surface area (Å²) in [5, 5.41) is 3.52. The number of carbonyl (C=O) groups is 1. The Morgan fingerprint density at radius 3 is 2.67 bits per heavy atom. The van der Waals surface area contributed by atoms with Gasteiger partial charge in [0.2, 0.25) is 5.91 Å². The van der Waals surface area contributed by atoms with Crippen LogP contribution in [0.4, 0.5) is 0 Å². The van der Waals surface area contributed by atoms with Gasteiger partial charge in [-0.1, -0.05) is 30.3 Å². The first-order valence-corrected chi connectivity index (χ1v) is 6.54. The van der Waals surface area contributed by atoms with Crippen LogP contribution >= 0.6 is 0 Å². The predicted molar refractivity (Wildman–Crippen MR) is 73.4 cm³/mol. The van der Waals surface area contributed by atoms with Crippen molar-refractivity contribution in [1.29, 1.82) is 0 Å². The van der Waals surface area contributed by atoms with Gasteiger partial charge in [0.05, 0.1) is 0 Å². The van der Waals surface area contributed by atoms with Crippen LogP contribution < -0.4 is 5.32 Å². The Balaban J connectivity index is 2.09. The molecule has 3 nitrogen and oxygen atoms in total. The van der Waals surface area contributed by atoms with Gasteiger partial charge in [0.15, 0.2) is 0 Å². The minimum Gasteiger partial charge on any atom is -0.337 e. The van der Waals surface area contributed by atoms with Gasteiger partial charge >= 0.3 is 0 Å². The number of hydrogen-bond acceptors (Lipinski definition) is 2. The second kappa shape index (κ2) is 5.11. The van der Waals surface area contributed by atoms with Gasteiger partial charge in [0.25, 0.3) is 0 Å². The Labute approximate surface area is 109 Å². The first-order chi connectivity index (χ1) is 8.48. The number of nitrogens with zero attached hydrogens (tertiary/aromatic N) is 1. The van der Waals surface area contributed by atoms with Crippen molar-refractivity contribution in [3.8, 4) is 0 Å². The SMILES string of the molecule is CC(=O)N1CC(C)(C)NCC1Cc1ccccc1. The summed E-state index contributed by atoms with van der Waals surface area (Å²) in [6.07, 6.45) is 0.920. The molecule has 0 aliphatic carbocycles. The summed E-state index contributed by atoms with van der Waals surface area (Å²) in [5.41, 5.74) is 1.30. The third-order valence-corrected chi connectivity index (χ3v) is 3.54. The van der Waals surface area contributed by atoms with Crippen LogP contribution in [0.25, 0.3) is 0 Å². The molecule has 0 aromatic heterocycles. The highest BCUT2D eigenvalue weighted by Gasteiger charge is 2.33. The minimum absolute atomic E-state index is 0.0128. The lowest BCUT2D eigenvalue weighted by atomic mass is 9.95. The number of nitrogens with one attached hydrogen (secondary N) is 1. The molecule has 1 N–H and O–H groups in total. The highest BCUT2D eigenvalue weighted by atomic mass is 16.2. The highest BCUT2D eigenvalue weighted by Crippen LogP contribution is 2.18. The van der Waals surface area contributed by atoms with Crippen LogP contribution in [-0.2, 0) is 11.2 Å². The third-order valence-electron chi connectivity index (χ3n) is 3.54. The summed E-state index contributed by atoms with van der Waals surface area (Å²) in [5.74, 6) is 0.172. The number of hydrogen-bond donors (Lipinski definition) is 1. The summed E-state index contributed by atoms with van der Waals surface area (Å²) in [7, 11) is 0. The second-order valence-corrected chi connectivity index (χ2v) is 5.76. The van der Waals surface area contributed by atoms with Crippen molar-refractivity contribution in [2.75, 3.05) is 13.1 Å². The molecule has 1 atom stereocenters. The minimum atomic E-state index is 0.0128. The van der Waals surface area contributed by atoms with Crippen LogP contribution in [0, 0.1) is 0 Å². The van der Waals surface area contributed by atoms with Crippen LogP contribution in [0.3, 0.4) is 0 Å². The zero-order valence-corrected chi connectivity index (χ0v) is 11.4. The van der Waals surface area contributed by atoms with Crippen LogP contribution in [0.5, 0.6) is 0 Å². The van der Waals surface area contributed by atoms with E-state index >= 15 is 0 Å². The lowest BCUT2D eigenvalue weighted by Crippen LogP contribution is -2.63. The van der Waals surface area contributed by atoms with E-state index in [-0.39, 0.29) is 17.5 Å². The molecule has 1 saturated heterocycles. The normalized spacial score (nSPS) is 22.8. The predicted octanol–water partition coefficient (Wildman–Crippen LogP) is 1.83. The van der Waals surface area contributed by atoms with E-state index in [4.69, 9.17) is 0 Å². The molecule has 1 amide bonds. The Bertz CT molecular complexity index is 414. The van der Waals surface area contributed by atoms with Crippen LogP contribution in [-0.4, -0.2) is 35.5 Å². The first kappa shape index (κ1) is 13.1. The van der Waals surface area contributed by atoms with Gasteiger partial charge in [-0.2, -0.15) is 0 Å². The fourth-order valence-corrected chi connectivity index (χ4v) is 2.55. The topological polar surface area (TPSA) is 32.3 Å². The summed E-state index contributed by atoms with van der Waals surface area (Å²) in [6, 6.07) is 10.6. The van der Waals surface area contributed by atoms with E-state index in [9.17, 15) is 4.79 Å². The fraction of sp³-hybridized carbons (Fsp3) is 0.533. The zero-order valence-electron chi connectivity index (χ0n) is 11.4. The number of amides is 1. The molecule has 0 saturated carbocycles. The van der Waals surface area contributed by atoms with Crippen molar-refractivity contribution < 1.29 is 4.79 Å².